The number of anilines is 1. The molecule has 0 saturated carbocycles. The Labute approximate surface area is 194 Å². The molecule has 1 N–H and O–H groups in total. The summed E-state index contributed by atoms with van der Waals surface area (Å²) in [4.78, 5) is 12.7. The van der Waals surface area contributed by atoms with Crippen molar-refractivity contribution >= 4 is 23.4 Å². The van der Waals surface area contributed by atoms with E-state index in [1.807, 2.05) is 32.9 Å². The Kier molecular flexibility index (Phi) is 6.55. The molecular formula is C25H22F2N4OS. The molecule has 5 nitrogen and oxygen atoms in total. The highest BCUT2D eigenvalue weighted by Gasteiger charge is 2.20. The molecule has 0 saturated heterocycles. The summed E-state index contributed by atoms with van der Waals surface area (Å²) in [7, 11) is 0. The zero-order chi connectivity index (χ0) is 23.5. The predicted molar refractivity (Wildman–Crippen MR) is 127 cm³/mol. The van der Waals surface area contributed by atoms with Crippen molar-refractivity contribution in [2.75, 3.05) is 11.1 Å². The third kappa shape index (κ3) is 4.96. The number of aryl methyl sites for hydroxylation is 3. The van der Waals surface area contributed by atoms with Crippen molar-refractivity contribution in [1.82, 2.24) is 14.8 Å². The maximum Gasteiger partial charge on any atom is 0.234 e. The summed E-state index contributed by atoms with van der Waals surface area (Å²) in [5.74, 6) is -0.697. The standard InChI is InChI=1S/C25H22F2N4OS/c1-15-12-16(2)23(17(3)13-15)28-22(32)14-33-25-30-29-24(20-6-4-5-7-21(20)27)31(25)19-10-8-18(26)9-11-19/h4-13H,14H2,1-3H3,(H,28,32). The smallest absolute Gasteiger partial charge is 0.234 e. The van der Waals surface area contributed by atoms with Crippen LogP contribution in [0, 0.1) is 32.4 Å². The Morgan fingerprint density at radius 3 is 2.30 bits per heavy atom. The first-order valence-corrected chi connectivity index (χ1v) is 11.3. The van der Waals surface area contributed by atoms with Crippen molar-refractivity contribution in [2.24, 2.45) is 0 Å². The van der Waals surface area contributed by atoms with Gasteiger partial charge in [0.1, 0.15) is 11.6 Å². The van der Waals surface area contributed by atoms with E-state index < -0.39 is 11.6 Å². The SMILES string of the molecule is Cc1cc(C)c(NC(=O)CSc2nnc(-c3ccccc3F)n2-c2ccc(F)cc2)c(C)c1. The number of rotatable bonds is 6. The summed E-state index contributed by atoms with van der Waals surface area (Å²) >= 11 is 1.17. The Hall–Kier alpha value is -3.52. The molecule has 0 bridgehead atoms. The molecule has 4 rings (SSSR count). The van der Waals surface area contributed by atoms with Gasteiger partial charge < -0.3 is 5.32 Å². The van der Waals surface area contributed by atoms with Crippen LogP contribution in [-0.4, -0.2) is 26.4 Å². The van der Waals surface area contributed by atoms with Crippen LogP contribution in [0.5, 0.6) is 0 Å². The normalized spacial score (nSPS) is 10.9. The highest BCUT2D eigenvalue weighted by Crippen LogP contribution is 2.30. The Balaban J connectivity index is 1.62. The molecule has 0 aliphatic rings. The van der Waals surface area contributed by atoms with Crippen molar-refractivity contribution < 1.29 is 13.6 Å². The lowest BCUT2D eigenvalue weighted by atomic mass is 10.1. The van der Waals surface area contributed by atoms with Gasteiger partial charge in [-0.15, -0.1) is 10.2 Å². The summed E-state index contributed by atoms with van der Waals surface area (Å²) in [5.41, 5.74) is 4.72. The lowest BCUT2D eigenvalue weighted by molar-refractivity contribution is -0.113. The first kappa shape index (κ1) is 22.7. The van der Waals surface area contributed by atoms with Gasteiger partial charge in [0.2, 0.25) is 5.91 Å². The van der Waals surface area contributed by atoms with E-state index in [1.165, 1.54) is 30.0 Å². The van der Waals surface area contributed by atoms with E-state index in [-0.39, 0.29) is 23.0 Å². The van der Waals surface area contributed by atoms with E-state index in [4.69, 9.17) is 0 Å². The largest absolute Gasteiger partial charge is 0.325 e. The number of carbonyl (C=O) groups is 1. The molecule has 0 unspecified atom stereocenters. The number of thioether (sulfide) groups is 1. The summed E-state index contributed by atoms with van der Waals surface area (Å²) in [6, 6.07) is 16.0. The Bertz CT molecular complexity index is 1300. The number of amides is 1. The molecule has 33 heavy (non-hydrogen) atoms. The topological polar surface area (TPSA) is 59.8 Å². The number of nitrogens with zero attached hydrogens (tertiary/aromatic N) is 3. The second kappa shape index (κ2) is 9.54. The van der Waals surface area contributed by atoms with Gasteiger partial charge in [0.15, 0.2) is 11.0 Å². The van der Waals surface area contributed by atoms with Gasteiger partial charge in [-0.05, 0) is 68.3 Å². The molecule has 0 aliphatic heterocycles. The van der Waals surface area contributed by atoms with Crippen molar-refractivity contribution in [3.8, 4) is 17.1 Å². The second-order valence-electron chi connectivity index (χ2n) is 7.71. The van der Waals surface area contributed by atoms with Crippen LogP contribution in [0.4, 0.5) is 14.5 Å². The minimum Gasteiger partial charge on any atom is -0.325 e. The van der Waals surface area contributed by atoms with Gasteiger partial charge in [0.25, 0.3) is 0 Å². The molecule has 3 aromatic carbocycles. The molecule has 8 heteroatoms. The van der Waals surface area contributed by atoms with Crippen LogP contribution < -0.4 is 5.32 Å². The van der Waals surface area contributed by atoms with Crippen molar-refractivity contribution in [3.63, 3.8) is 0 Å². The van der Waals surface area contributed by atoms with Gasteiger partial charge in [0, 0.05) is 11.4 Å². The fraction of sp³-hybridized carbons (Fsp3) is 0.160. The monoisotopic (exact) mass is 464 g/mol. The van der Waals surface area contributed by atoms with Gasteiger partial charge in [-0.3, -0.25) is 9.36 Å². The highest BCUT2D eigenvalue weighted by atomic mass is 32.2. The van der Waals surface area contributed by atoms with E-state index in [1.54, 1.807) is 34.9 Å². The molecule has 0 radical (unpaired) electrons. The molecule has 0 spiro atoms. The van der Waals surface area contributed by atoms with Crippen LogP contribution in [-0.2, 0) is 4.79 Å². The van der Waals surface area contributed by atoms with Crippen molar-refractivity contribution in [2.45, 2.75) is 25.9 Å². The zero-order valence-electron chi connectivity index (χ0n) is 18.4. The molecule has 0 aliphatic carbocycles. The lowest BCUT2D eigenvalue weighted by Crippen LogP contribution is -2.16. The van der Waals surface area contributed by atoms with Crippen LogP contribution in [0.1, 0.15) is 16.7 Å². The van der Waals surface area contributed by atoms with E-state index in [0.717, 1.165) is 22.4 Å². The van der Waals surface area contributed by atoms with Crippen LogP contribution in [0.2, 0.25) is 0 Å². The molecule has 1 amide bonds. The van der Waals surface area contributed by atoms with Crippen LogP contribution in [0.15, 0.2) is 65.8 Å². The fourth-order valence-corrected chi connectivity index (χ4v) is 4.44. The minimum absolute atomic E-state index is 0.0728. The molecule has 0 fully saturated rings. The molecular weight excluding hydrogens is 442 g/mol. The van der Waals surface area contributed by atoms with Crippen molar-refractivity contribution in [1.29, 1.82) is 0 Å². The maximum absolute atomic E-state index is 14.5. The third-order valence-electron chi connectivity index (χ3n) is 5.11. The molecule has 0 atom stereocenters. The quantitative estimate of drug-likeness (QED) is 0.363. The predicted octanol–water partition coefficient (Wildman–Crippen LogP) is 5.87. The highest BCUT2D eigenvalue weighted by molar-refractivity contribution is 7.99. The summed E-state index contributed by atoms with van der Waals surface area (Å²) in [6.07, 6.45) is 0. The second-order valence-corrected chi connectivity index (χ2v) is 8.65. The number of halogens is 2. The number of hydrogen-bond donors (Lipinski definition) is 1. The molecule has 1 heterocycles. The number of hydrogen-bond acceptors (Lipinski definition) is 4. The van der Waals surface area contributed by atoms with Gasteiger partial charge >= 0.3 is 0 Å². The zero-order valence-corrected chi connectivity index (χ0v) is 19.2. The van der Waals surface area contributed by atoms with Gasteiger partial charge in [-0.1, -0.05) is 41.6 Å². The van der Waals surface area contributed by atoms with E-state index in [2.05, 4.69) is 15.5 Å². The Morgan fingerprint density at radius 2 is 1.64 bits per heavy atom. The van der Waals surface area contributed by atoms with E-state index in [0.29, 0.717) is 10.8 Å². The maximum atomic E-state index is 14.5. The first-order valence-electron chi connectivity index (χ1n) is 10.3. The number of benzene rings is 3. The fourth-order valence-electron chi connectivity index (χ4n) is 3.69. The van der Waals surface area contributed by atoms with Gasteiger partial charge in [-0.25, -0.2) is 8.78 Å². The van der Waals surface area contributed by atoms with Crippen LogP contribution in [0.25, 0.3) is 17.1 Å². The Morgan fingerprint density at radius 1 is 0.970 bits per heavy atom. The minimum atomic E-state index is -0.451. The lowest BCUT2D eigenvalue weighted by Gasteiger charge is -2.13. The number of carbonyl (C=O) groups excluding carboxylic acids is 1. The van der Waals surface area contributed by atoms with Crippen LogP contribution in [0.3, 0.4) is 0 Å². The third-order valence-corrected chi connectivity index (χ3v) is 6.04. The molecule has 4 aromatic rings. The van der Waals surface area contributed by atoms with Gasteiger partial charge in [-0.2, -0.15) is 0 Å². The summed E-state index contributed by atoms with van der Waals surface area (Å²) < 4.78 is 29.6. The average Bonchev–Trinajstić information content (AvgIpc) is 3.19. The summed E-state index contributed by atoms with van der Waals surface area (Å²) in [5, 5.41) is 11.7. The first-order chi connectivity index (χ1) is 15.8. The van der Waals surface area contributed by atoms with Crippen LogP contribution >= 0.6 is 11.8 Å². The summed E-state index contributed by atoms with van der Waals surface area (Å²) in [6.45, 7) is 5.92. The number of nitrogens with one attached hydrogen (secondary N) is 1. The molecule has 168 valence electrons. The van der Waals surface area contributed by atoms with E-state index >= 15 is 0 Å². The number of aromatic nitrogens is 3. The average molecular weight is 465 g/mol. The van der Waals surface area contributed by atoms with Gasteiger partial charge in [0.05, 0.1) is 11.3 Å². The van der Waals surface area contributed by atoms with E-state index in [9.17, 15) is 13.6 Å². The van der Waals surface area contributed by atoms with Crippen molar-refractivity contribution in [3.05, 3.63) is 89.0 Å². The molecule has 1 aromatic heterocycles.